The lowest BCUT2D eigenvalue weighted by Crippen LogP contribution is -2.55. The molecule has 0 amide bonds. The quantitative estimate of drug-likeness (QED) is 0.672. The molecule has 2 heterocycles. The van der Waals surface area contributed by atoms with Gasteiger partial charge in [-0.3, -0.25) is 5.32 Å². The van der Waals surface area contributed by atoms with Crippen LogP contribution in [-0.2, 0) is 0 Å². The lowest BCUT2D eigenvalue weighted by atomic mass is 10.0. The zero-order valence-corrected chi connectivity index (χ0v) is 9.63. The molecule has 2 fully saturated rings. The summed E-state index contributed by atoms with van der Waals surface area (Å²) < 4.78 is 0. The minimum atomic E-state index is 0.264. The lowest BCUT2D eigenvalue weighted by Gasteiger charge is -2.33. The zero-order valence-electron chi connectivity index (χ0n) is 8.81. The second kappa shape index (κ2) is 3.14. The summed E-state index contributed by atoms with van der Waals surface area (Å²) in [5.41, 5.74) is 0.309. The van der Waals surface area contributed by atoms with Crippen LogP contribution in [0, 0.1) is 0 Å². The van der Waals surface area contributed by atoms with Gasteiger partial charge >= 0.3 is 0 Å². The van der Waals surface area contributed by atoms with Crippen molar-refractivity contribution in [3.05, 3.63) is 0 Å². The van der Waals surface area contributed by atoms with E-state index in [-0.39, 0.29) is 4.87 Å². The second-order valence-electron chi connectivity index (χ2n) is 5.05. The molecule has 0 saturated carbocycles. The van der Waals surface area contributed by atoms with Crippen LogP contribution in [0.15, 0.2) is 0 Å². The average Bonchev–Trinajstić information content (AvgIpc) is 2.58. The third kappa shape index (κ3) is 1.88. The highest BCUT2D eigenvalue weighted by Gasteiger charge is 2.45. The number of hydrogen-bond donors (Lipinski definition) is 2. The molecule has 76 valence electrons. The summed E-state index contributed by atoms with van der Waals surface area (Å²) in [6.45, 7) is 8.12. The predicted molar refractivity (Wildman–Crippen MR) is 59.1 cm³/mol. The van der Waals surface area contributed by atoms with Crippen molar-refractivity contribution < 1.29 is 0 Å². The molecule has 2 rings (SSSR count). The molecular weight excluding hydrogens is 180 g/mol. The van der Waals surface area contributed by atoms with Crippen molar-refractivity contribution in [1.29, 1.82) is 0 Å². The second-order valence-corrected chi connectivity index (χ2v) is 6.48. The first kappa shape index (κ1) is 9.81. The van der Waals surface area contributed by atoms with Gasteiger partial charge < -0.3 is 5.32 Å². The van der Waals surface area contributed by atoms with Gasteiger partial charge in [-0.2, -0.15) is 0 Å². The minimum Gasteiger partial charge on any atom is -0.311 e. The van der Waals surface area contributed by atoms with Gasteiger partial charge in [-0.05, 0) is 40.2 Å². The predicted octanol–water partition coefficient (Wildman–Crippen LogP) is 1.57. The molecule has 2 saturated heterocycles. The average molecular weight is 200 g/mol. The molecule has 0 spiro atoms. The maximum Gasteiger partial charge on any atom is 0.0776 e. The zero-order chi connectivity index (χ0) is 9.53. The van der Waals surface area contributed by atoms with Crippen molar-refractivity contribution in [3.8, 4) is 0 Å². The van der Waals surface area contributed by atoms with Crippen molar-refractivity contribution in [1.82, 2.24) is 10.6 Å². The molecule has 0 aromatic carbocycles. The molecule has 0 bridgehead atoms. The van der Waals surface area contributed by atoms with Crippen LogP contribution >= 0.6 is 11.8 Å². The van der Waals surface area contributed by atoms with Crippen LogP contribution in [0.25, 0.3) is 0 Å². The van der Waals surface area contributed by atoms with Crippen molar-refractivity contribution in [2.45, 2.75) is 50.1 Å². The molecule has 2 unspecified atom stereocenters. The first-order chi connectivity index (χ1) is 6.02. The molecule has 0 radical (unpaired) electrons. The van der Waals surface area contributed by atoms with Crippen LogP contribution in [0.3, 0.4) is 0 Å². The van der Waals surface area contributed by atoms with E-state index < -0.39 is 0 Å². The Kier molecular flexibility index (Phi) is 2.37. The summed E-state index contributed by atoms with van der Waals surface area (Å²) in [7, 11) is 0. The molecule has 0 aromatic heterocycles. The Hall–Kier alpha value is 0.270. The molecule has 2 aliphatic heterocycles. The van der Waals surface area contributed by atoms with Crippen LogP contribution < -0.4 is 10.6 Å². The van der Waals surface area contributed by atoms with Gasteiger partial charge in [-0.1, -0.05) is 0 Å². The SMILES string of the molecule is CC1(C)CSC(C)(C2CCCN2)N1. The smallest absolute Gasteiger partial charge is 0.0776 e. The fourth-order valence-corrected chi connectivity index (χ4v) is 3.90. The summed E-state index contributed by atoms with van der Waals surface area (Å²) in [6, 6.07) is 0.666. The summed E-state index contributed by atoms with van der Waals surface area (Å²) in [5.74, 6) is 1.22. The highest BCUT2D eigenvalue weighted by atomic mass is 32.2. The first-order valence-corrected chi connectivity index (χ1v) is 6.17. The van der Waals surface area contributed by atoms with E-state index in [1.165, 1.54) is 25.1 Å². The van der Waals surface area contributed by atoms with Gasteiger partial charge in [0, 0.05) is 17.3 Å². The van der Waals surface area contributed by atoms with E-state index in [1.807, 2.05) is 0 Å². The number of thioether (sulfide) groups is 1. The highest BCUT2D eigenvalue weighted by Crippen LogP contribution is 2.39. The topological polar surface area (TPSA) is 24.1 Å². The van der Waals surface area contributed by atoms with Gasteiger partial charge in [-0.25, -0.2) is 0 Å². The fourth-order valence-electron chi connectivity index (χ4n) is 2.42. The summed E-state index contributed by atoms with van der Waals surface area (Å²) in [6.07, 6.45) is 2.66. The van der Waals surface area contributed by atoms with Gasteiger partial charge in [-0.15, -0.1) is 11.8 Å². The van der Waals surface area contributed by atoms with Crippen LogP contribution in [-0.4, -0.2) is 28.7 Å². The normalized spacial score (nSPS) is 44.1. The molecule has 3 heteroatoms. The van der Waals surface area contributed by atoms with Crippen molar-refractivity contribution >= 4 is 11.8 Å². The third-order valence-electron chi connectivity index (χ3n) is 3.04. The van der Waals surface area contributed by atoms with Crippen molar-refractivity contribution in [2.75, 3.05) is 12.3 Å². The molecule has 2 nitrogen and oxygen atoms in total. The molecule has 0 aliphatic carbocycles. The molecule has 2 atom stereocenters. The maximum atomic E-state index is 3.75. The van der Waals surface area contributed by atoms with Gasteiger partial charge in [0.25, 0.3) is 0 Å². The largest absolute Gasteiger partial charge is 0.311 e. The molecule has 13 heavy (non-hydrogen) atoms. The van der Waals surface area contributed by atoms with E-state index in [0.29, 0.717) is 11.6 Å². The molecule has 2 aliphatic rings. The Morgan fingerprint density at radius 2 is 2.08 bits per heavy atom. The lowest BCUT2D eigenvalue weighted by molar-refractivity contribution is 0.324. The molecule has 2 N–H and O–H groups in total. The van der Waals surface area contributed by atoms with E-state index in [2.05, 4.69) is 43.2 Å². The van der Waals surface area contributed by atoms with E-state index in [1.54, 1.807) is 0 Å². The Balaban J connectivity index is 2.05. The Bertz CT molecular complexity index is 199. The maximum absolute atomic E-state index is 3.75. The summed E-state index contributed by atoms with van der Waals surface area (Å²) in [5, 5.41) is 7.34. The molecule has 0 aromatic rings. The van der Waals surface area contributed by atoms with Crippen LogP contribution in [0.4, 0.5) is 0 Å². The summed E-state index contributed by atoms with van der Waals surface area (Å²) >= 11 is 2.08. The number of nitrogens with one attached hydrogen (secondary N) is 2. The number of rotatable bonds is 1. The molecular formula is C10H20N2S. The monoisotopic (exact) mass is 200 g/mol. The van der Waals surface area contributed by atoms with Crippen molar-refractivity contribution in [3.63, 3.8) is 0 Å². The van der Waals surface area contributed by atoms with Gasteiger partial charge in [0.2, 0.25) is 0 Å². The minimum absolute atomic E-state index is 0.264. The third-order valence-corrected chi connectivity index (χ3v) is 4.90. The van der Waals surface area contributed by atoms with E-state index in [4.69, 9.17) is 0 Å². The van der Waals surface area contributed by atoms with E-state index >= 15 is 0 Å². The fraction of sp³-hybridized carbons (Fsp3) is 1.00. The van der Waals surface area contributed by atoms with Gasteiger partial charge in [0.15, 0.2) is 0 Å². The number of hydrogen-bond acceptors (Lipinski definition) is 3. The van der Waals surface area contributed by atoms with Crippen LogP contribution in [0.5, 0.6) is 0 Å². The summed E-state index contributed by atoms with van der Waals surface area (Å²) in [4.78, 5) is 0.264. The van der Waals surface area contributed by atoms with Crippen LogP contribution in [0.2, 0.25) is 0 Å². The van der Waals surface area contributed by atoms with E-state index in [9.17, 15) is 0 Å². The highest BCUT2D eigenvalue weighted by molar-refractivity contribution is 8.01. The van der Waals surface area contributed by atoms with E-state index in [0.717, 1.165) is 0 Å². The van der Waals surface area contributed by atoms with Crippen LogP contribution in [0.1, 0.15) is 33.6 Å². The van der Waals surface area contributed by atoms with Gasteiger partial charge in [0.05, 0.1) is 4.87 Å². The Morgan fingerprint density at radius 1 is 1.31 bits per heavy atom. The first-order valence-electron chi connectivity index (χ1n) is 5.19. The Labute approximate surface area is 85.2 Å². The van der Waals surface area contributed by atoms with Crippen molar-refractivity contribution in [2.24, 2.45) is 0 Å². The van der Waals surface area contributed by atoms with Gasteiger partial charge in [0.1, 0.15) is 0 Å². The standard InChI is InChI=1S/C10H20N2S/c1-9(2)7-13-10(3,12-9)8-5-4-6-11-8/h8,11-12H,4-7H2,1-3H3. The Morgan fingerprint density at radius 3 is 2.54 bits per heavy atom.